The topological polar surface area (TPSA) is 26.3 Å². The number of hydrogen-bond donors (Lipinski definition) is 0. The maximum atomic E-state index is 10.9. The lowest BCUT2D eigenvalue weighted by atomic mass is 10.2. The van der Waals surface area contributed by atoms with Crippen LogP contribution >= 0.6 is 15.9 Å². The van der Waals surface area contributed by atoms with Gasteiger partial charge in [0.25, 0.3) is 0 Å². The van der Waals surface area contributed by atoms with Crippen LogP contribution in [0.25, 0.3) is 0 Å². The van der Waals surface area contributed by atoms with E-state index in [1.807, 2.05) is 24.3 Å². The molecule has 0 saturated carbocycles. The molecule has 3 heteroatoms. The molecule has 0 amide bonds. The SMILES string of the molecule is CC(=O)C(C)OCc1cccc(Br)c1. The van der Waals surface area contributed by atoms with Crippen LogP contribution in [0.5, 0.6) is 0 Å². The zero-order valence-electron chi connectivity index (χ0n) is 8.29. The Balaban J connectivity index is 2.49. The Kier molecular flexibility index (Phi) is 4.29. The summed E-state index contributed by atoms with van der Waals surface area (Å²) in [5.74, 6) is 0.0556. The van der Waals surface area contributed by atoms with Crippen LogP contribution < -0.4 is 0 Å². The van der Waals surface area contributed by atoms with Gasteiger partial charge in [-0.05, 0) is 31.5 Å². The molecule has 0 spiro atoms. The van der Waals surface area contributed by atoms with Gasteiger partial charge in [-0.15, -0.1) is 0 Å². The molecule has 0 aliphatic carbocycles. The molecule has 0 aromatic heterocycles. The minimum absolute atomic E-state index is 0.0556. The van der Waals surface area contributed by atoms with Crippen molar-refractivity contribution in [2.24, 2.45) is 0 Å². The molecule has 1 atom stereocenters. The van der Waals surface area contributed by atoms with E-state index in [0.29, 0.717) is 6.61 Å². The quantitative estimate of drug-likeness (QED) is 0.828. The van der Waals surface area contributed by atoms with Crippen molar-refractivity contribution in [3.8, 4) is 0 Å². The number of rotatable bonds is 4. The van der Waals surface area contributed by atoms with Gasteiger partial charge in [0.05, 0.1) is 6.61 Å². The van der Waals surface area contributed by atoms with E-state index in [1.54, 1.807) is 6.92 Å². The summed E-state index contributed by atoms with van der Waals surface area (Å²) in [6.07, 6.45) is -0.325. The molecule has 1 aromatic rings. The average Bonchev–Trinajstić information content (AvgIpc) is 2.14. The molecule has 0 aliphatic rings. The lowest BCUT2D eigenvalue weighted by Gasteiger charge is -2.09. The molecular weight excluding hydrogens is 244 g/mol. The molecule has 0 saturated heterocycles. The van der Waals surface area contributed by atoms with Crippen molar-refractivity contribution in [2.45, 2.75) is 26.6 Å². The zero-order chi connectivity index (χ0) is 10.6. The summed E-state index contributed by atoms with van der Waals surface area (Å²) in [6.45, 7) is 3.77. The summed E-state index contributed by atoms with van der Waals surface area (Å²) in [5.41, 5.74) is 1.06. The molecule has 2 nitrogen and oxygen atoms in total. The fourth-order valence-electron chi connectivity index (χ4n) is 0.965. The smallest absolute Gasteiger partial charge is 0.158 e. The molecule has 1 unspecified atom stereocenters. The maximum Gasteiger partial charge on any atom is 0.158 e. The van der Waals surface area contributed by atoms with Crippen LogP contribution in [0.4, 0.5) is 0 Å². The zero-order valence-corrected chi connectivity index (χ0v) is 9.87. The third kappa shape index (κ3) is 3.60. The Labute approximate surface area is 92.4 Å². The highest BCUT2D eigenvalue weighted by Gasteiger charge is 2.07. The maximum absolute atomic E-state index is 10.9. The van der Waals surface area contributed by atoms with Crippen LogP contribution in [0.1, 0.15) is 19.4 Å². The Hall–Kier alpha value is -0.670. The van der Waals surface area contributed by atoms with E-state index in [2.05, 4.69) is 15.9 Å². The van der Waals surface area contributed by atoms with Gasteiger partial charge in [0, 0.05) is 4.47 Å². The minimum atomic E-state index is -0.325. The van der Waals surface area contributed by atoms with Crippen molar-refractivity contribution in [1.82, 2.24) is 0 Å². The fraction of sp³-hybridized carbons (Fsp3) is 0.364. The van der Waals surface area contributed by atoms with Gasteiger partial charge in [0.1, 0.15) is 6.10 Å². The van der Waals surface area contributed by atoms with Gasteiger partial charge in [-0.3, -0.25) is 4.79 Å². The van der Waals surface area contributed by atoms with Crippen molar-refractivity contribution >= 4 is 21.7 Å². The van der Waals surface area contributed by atoms with Crippen molar-refractivity contribution in [2.75, 3.05) is 0 Å². The van der Waals surface area contributed by atoms with Gasteiger partial charge >= 0.3 is 0 Å². The average molecular weight is 257 g/mol. The largest absolute Gasteiger partial charge is 0.366 e. The number of halogens is 1. The molecule has 0 N–H and O–H groups in total. The van der Waals surface area contributed by atoms with Crippen molar-refractivity contribution in [3.05, 3.63) is 34.3 Å². The van der Waals surface area contributed by atoms with E-state index in [9.17, 15) is 4.79 Å². The van der Waals surface area contributed by atoms with Gasteiger partial charge < -0.3 is 4.74 Å². The number of Topliss-reactive ketones (excluding diaryl/α,β-unsaturated/α-hetero) is 1. The lowest BCUT2D eigenvalue weighted by molar-refractivity contribution is -0.127. The molecular formula is C11H13BrO2. The summed E-state index contributed by atoms with van der Waals surface area (Å²) in [6, 6.07) is 7.85. The molecule has 0 bridgehead atoms. The van der Waals surface area contributed by atoms with E-state index < -0.39 is 0 Å². The Bertz CT molecular complexity index is 323. The number of ether oxygens (including phenoxy) is 1. The van der Waals surface area contributed by atoms with Crippen LogP contribution in [-0.2, 0) is 16.1 Å². The number of ketones is 1. The number of hydrogen-bond acceptors (Lipinski definition) is 2. The standard InChI is InChI=1S/C11H13BrO2/c1-8(13)9(2)14-7-10-4-3-5-11(12)6-10/h3-6,9H,7H2,1-2H3. The van der Waals surface area contributed by atoms with Crippen LogP contribution in [0.15, 0.2) is 28.7 Å². The van der Waals surface area contributed by atoms with Gasteiger partial charge in [0.2, 0.25) is 0 Å². The summed E-state index contributed by atoms with van der Waals surface area (Å²) in [5, 5.41) is 0. The second kappa shape index (κ2) is 5.27. The minimum Gasteiger partial charge on any atom is -0.366 e. The molecule has 1 rings (SSSR count). The fourth-order valence-corrected chi connectivity index (χ4v) is 1.41. The highest BCUT2D eigenvalue weighted by Crippen LogP contribution is 2.12. The molecule has 76 valence electrons. The summed E-state index contributed by atoms with van der Waals surface area (Å²) in [4.78, 5) is 10.9. The van der Waals surface area contributed by atoms with Gasteiger partial charge in [-0.1, -0.05) is 28.1 Å². The van der Waals surface area contributed by atoms with Gasteiger partial charge in [-0.2, -0.15) is 0 Å². The predicted molar refractivity (Wildman–Crippen MR) is 59.1 cm³/mol. The molecule has 0 radical (unpaired) electrons. The first-order valence-corrected chi connectivity index (χ1v) is 5.25. The third-order valence-corrected chi connectivity index (χ3v) is 2.45. The van der Waals surface area contributed by atoms with Gasteiger partial charge in [-0.25, -0.2) is 0 Å². The third-order valence-electron chi connectivity index (χ3n) is 1.96. The van der Waals surface area contributed by atoms with Crippen molar-refractivity contribution < 1.29 is 9.53 Å². The molecule has 0 aliphatic heterocycles. The van der Waals surface area contributed by atoms with Crippen LogP contribution in [0, 0.1) is 0 Å². The predicted octanol–water partition coefficient (Wildman–Crippen LogP) is 2.94. The van der Waals surface area contributed by atoms with E-state index in [1.165, 1.54) is 6.92 Å². The van der Waals surface area contributed by atoms with E-state index in [-0.39, 0.29) is 11.9 Å². The Morgan fingerprint density at radius 3 is 2.86 bits per heavy atom. The van der Waals surface area contributed by atoms with Crippen LogP contribution in [-0.4, -0.2) is 11.9 Å². The van der Waals surface area contributed by atoms with E-state index >= 15 is 0 Å². The second-order valence-corrected chi connectivity index (χ2v) is 4.11. The Morgan fingerprint density at radius 2 is 2.29 bits per heavy atom. The summed E-state index contributed by atoms with van der Waals surface area (Å²) >= 11 is 3.38. The molecule has 0 heterocycles. The molecule has 0 fully saturated rings. The highest BCUT2D eigenvalue weighted by atomic mass is 79.9. The number of carbonyl (C=O) groups is 1. The highest BCUT2D eigenvalue weighted by molar-refractivity contribution is 9.10. The normalized spacial score (nSPS) is 12.5. The number of carbonyl (C=O) groups excluding carboxylic acids is 1. The lowest BCUT2D eigenvalue weighted by Crippen LogP contribution is -2.17. The molecule has 1 aromatic carbocycles. The van der Waals surface area contributed by atoms with Crippen molar-refractivity contribution in [3.63, 3.8) is 0 Å². The monoisotopic (exact) mass is 256 g/mol. The second-order valence-electron chi connectivity index (χ2n) is 3.19. The van der Waals surface area contributed by atoms with E-state index in [0.717, 1.165) is 10.0 Å². The first kappa shape index (κ1) is 11.4. The first-order valence-electron chi connectivity index (χ1n) is 4.46. The van der Waals surface area contributed by atoms with Crippen LogP contribution in [0.3, 0.4) is 0 Å². The summed E-state index contributed by atoms with van der Waals surface area (Å²) < 4.78 is 6.40. The van der Waals surface area contributed by atoms with Gasteiger partial charge in [0.15, 0.2) is 5.78 Å². The van der Waals surface area contributed by atoms with Crippen LogP contribution in [0.2, 0.25) is 0 Å². The Morgan fingerprint density at radius 1 is 1.57 bits per heavy atom. The van der Waals surface area contributed by atoms with E-state index in [4.69, 9.17) is 4.74 Å². The van der Waals surface area contributed by atoms with Crippen molar-refractivity contribution in [1.29, 1.82) is 0 Å². The number of benzene rings is 1. The molecule has 14 heavy (non-hydrogen) atoms. The summed E-state index contributed by atoms with van der Waals surface area (Å²) in [7, 11) is 0. The first-order chi connectivity index (χ1) is 6.59.